The third-order valence-corrected chi connectivity index (χ3v) is 5.37. The van der Waals surface area contributed by atoms with Gasteiger partial charge in [0.05, 0.1) is 11.2 Å². The van der Waals surface area contributed by atoms with E-state index in [4.69, 9.17) is 10.7 Å². The van der Waals surface area contributed by atoms with Gasteiger partial charge < -0.3 is 5.73 Å². The van der Waals surface area contributed by atoms with Gasteiger partial charge in [-0.15, -0.1) is 23.1 Å². The molecule has 0 radical (unpaired) electrons. The minimum Gasteiger partial charge on any atom is -0.319 e. The number of rotatable bonds is 3. The Hall–Kier alpha value is -0.840. The number of benzene rings is 1. The molecule has 4 heteroatoms. The summed E-state index contributed by atoms with van der Waals surface area (Å²) in [6.45, 7) is 0. The van der Waals surface area contributed by atoms with Crippen LogP contribution in [0.3, 0.4) is 0 Å². The van der Waals surface area contributed by atoms with Crippen molar-refractivity contribution in [2.45, 2.75) is 29.7 Å². The van der Waals surface area contributed by atoms with E-state index in [2.05, 4.69) is 35.9 Å². The molecule has 1 heterocycles. The van der Waals surface area contributed by atoms with Crippen LogP contribution < -0.4 is 5.73 Å². The Morgan fingerprint density at radius 2 is 2.00 bits per heavy atom. The van der Waals surface area contributed by atoms with Crippen LogP contribution in [0.1, 0.15) is 24.3 Å². The molecular weight excluding hydrogens is 260 g/mol. The van der Waals surface area contributed by atoms with Gasteiger partial charge in [0.1, 0.15) is 5.01 Å². The van der Waals surface area contributed by atoms with E-state index in [0.717, 1.165) is 23.5 Å². The van der Waals surface area contributed by atoms with Gasteiger partial charge in [-0.05, 0) is 37.7 Å². The summed E-state index contributed by atoms with van der Waals surface area (Å²) in [4.78, 5) is 6.00. The lowest BCUT2D eigenvalue weighted by Crippen LogP contribution is -2.43. The van der Waals surface area contributed by atoms with Crippen LogP contribution in [0.5, 0.6) is 0 Å². The molecule has 2 N–H and O–H groups in total. The molecular formula is C14H16N2S2. The van der Waals surface area contributed by atoms with E-state index in [-0.39, 0.29) is 5.54 Å². The minimum atomic E-state index is -0.137. The second-order valence-electron chi connectivity index (χ2n) is 4.78. The molecule has 0 atom stereocenters. The van der Waals surface area contributed by atoms with Crippen molar-refractivity contribution in [3.05, 3.63) is 34.7 Å². The molecule has 2 aromatic rings. The van der Waals surface area contributed by atoms with E-state index in [1.54, 1.807) is 23.1 Å². The third kappa shape index (κ3) is 2.09. The zero-order valence-electron chi connectivity index (χ0n) is 10.3. The van der Waals surface area contributed by atoms with Crippen molar-refractivity contribution >= 4 is 23.1 Å². The standard InChI is InChI=1S/C14H16N2S2/c1-17-11-5-3-10(4-6-11)12-9-18-13(16-12)14(15)7-2-8-14/h3-6,9H,2,7-8,15H2,1H3. The van der Waals surface area contributed by atoms with Crippen LogP contribution in [-0.2, 0) is 5.54 Å². The summed E-state index contributed by atoms with van der Waals surface area (Å²) in [7, 11) is 0. The third-order valence-electron chi connectivity index (χ3n) is 3.56. The van der Waals surface area contributed by atoms with Gasteiger partial charge in [0.25, 0.3) is 0 Å². The average molecular weight is 276 g/mol. The predicted octanol–water partition coefficient (Wildman–Crippen LogP) is 3.87. The maximum absolute atomic E-state index is 6.31. The van der Waals surface area contributed by atoms with Crippen LogP contribution >= 0.6 is 23.1 Å². The van der Waals surface area contributed by atoms with Crippen LogP contribution in [0.2, 0.25) is 0 Å². The molecule has 0 aliphatic heterocycles. The number of nitrogens with two attached hydrogens (primary N) is 1. The van der Waals surface area contributed by atoms with Gasteiger partial charge in [0.2, 0.25) is 0 Å². The molecule has 1 fully saturated rings. The van der Waals surface area contributed by atoms with Gasteiger partial charge in [0.15, 0.2) is 0 Å². The molecule has 18 heavy (non-hydrogen) atoms. The first-order valence-corrected chi connectivity index (χ1v) is 8.21. The lowest BCUT2D eigenvalue weighted by atomic mass is 9.78. The quantitative estimate of drug-likeness (QED) is 0.865. The van der Waals surface area contributed by atoms with Crippen LogP contribution in [0.25, 0.3) is 11.3 Å². The second kappa shape index (κ2) is 4.68. The van der Waals surface area contributed by atoms with E-state index < -0.39 is 0 Å². The van der Waals surface area contributed by atoms with Crippen LogP contribution in [0, 0.1) is 0 Å². The molecule has 1 aliphatic carbocycles. The van der Waals surface area contributed by atoms with Crippen molar-refractivity contribution in [3.8, 4) is 11.3 Å². The van der Waals surface area contributed by atoms with Gasteiger partial charge in [-0.25, -0.2) is 4.98 Å². The Kier molecular flexibility index (Phi) is 3.18. The first-order valence-electron chi connectivity index (χ1n) is 6.11. The van der Waals surface area contributed by atoms with Crippen molar-refractivity contribution < 1.29 is 0 Å². The predicted molar refractivity (Wildman–Crippen MR) is 79.0 cm³/mol. The highest BCUT2D eigenvalue weighted by molar-refractivity contribution is 7.98. The summed E-state index contributed by atoms with van der Waals surface area (Å²) in [5.41, 5.74) is 8.40. The fourth-order valence-corrected chi connectivity index (χ4v) is 3.58. The zero-order valence-corrected chi connectivity index (χ0v) is 12.0. The van der Waals surface area contributed by atoms with Gasteiger partial charge >= 0.3 is 0 Å². The Bertz CT molecular complexity index is 541. The highest BCUT2D eigenvalue weighted by Crippen LogP contribution is 2.41. The molecule has 2 nitrogen and oxygen atoms in total. The SMILES string of the molecule is CSc1ccc(-c2csc(C3(N)CCC3)n2)cc1. The maximum atomic E-state index is 6.31. The van der Waals surface area contributed by atoms with Crippen molar-refractivity contribution in [1.29, 1.82) is 0 Å². The summed E-state index contributed by atoms with van der Waals surface area (Å²) >= 11 is 3.45. The lowest BCUT2D eigenvalue weighted by molar-refractivity contribution is 0.253. The van der Waals surface area contributed by atoms with Gasteiger partial charge in [-0.1, -0.05) is 12.1 Å². The van der Waals surface area contributed by atoms with E-state index in [0.29, 0.717) is 0 Å². The van der Waals surface area contributed by atoms with E-state index >= 15 is 0 Å². The number of hydrogen-bond donors (Lipinski definition) is 1. The Morgan fingerprint density at radius 1 is 1.28 bits per heavy atom. The van der Waals surface area contributed by atoms with Crippen molar-refractivity contribution in [2.24, 2.45) is 5.73 Å². The Labute approximate surface area is 116 Å². The Balaban J connectivity index is 1.88. The number of hydrogen-bond acceptors (Lipinski definition) is 4. The highest BCUT2D eigenvalue weighted by atomic mass is 32.2. The molecule has 1 aromatic heterocycles. The minimum absolute atomic E-state index is 0.137. The summed E-state index contributed by atoms with van der Waals surface area (Å²) in [5, 5.41) is 3.22. The summed E-state index contributed by atoms with van der Waals surface area (Å²) in [5.74, 6) is 0. The zero-order chi connectivity index (χ0) is 12.6. The molecule has 0 bridgehead atoms. The van der Waals surface area contributed by atoms with E-state index in [1.807, 2.05) is 0 Å². The summed E-state index contributed by atoms with van der Waals surface area (Å²) in [6.07, 6.45) is 5.47. The fraction of sp³-hybridized carbons (Fsp3) is 0.357. The van der Waals surface area contributed by atoms with Crippen molar-refractivity contribution in [2.75, 3.05) is 6.26 Å². The first-order chi connectivity index (χ1) is 8.71. The smallest absolute Gasteiger partial charge is 0.113 e. The molecule has 0 unspecified atom stereocenters. The molecule has 1 aromatic carbocycles. The molecule has 1 saturated carbocycles. The first kappa shape index (κ1) is 12.2. The van der Waals surface area contributed by atoms with Gasteiger partial charge in [-0.3, -0.25) is 0 Å². The highest BCUT2D eigenvalue weighted by Gasteiger charge is 2.37. The van der Waals surface area contributed by atoms with E-state index in [9.17, 15) is 0 Å². The van der Waals surface area contributed by atoms with Gasteiger partial charge in [0, 0.05) is 15.8 Å². The largest absolute Gasteiger partial charge is 0.319 e. The molecule has 0 spiro atoms. The average Bonchev–Trinajstić information content (AvgIpc) is 2.86. The molecule has 94 valence electrons. The molecule has 1 aliphatic rings. The number of thiazole rings is 1. The Morgan fingerprint density at radius 3 is 2.56 bits per heavy atom. The van der Waals surface area contributed by atoms with Crippen LogP contribution in [0.15, 0.2) is 34.5 Å². The monoisotopic (exact) mass is 276 g/mol. The maximum Gasteiger partial charge on any atom is 0.113 e. The van der Waals surface area contributed by atoms with Crippen molar-refractivity contribution in [1.82, 2.24) is 4.98 Å². The van der Waals surface area contributed by atoms with Gasteiger partial charge in [-0.2, -0.15) is 0 Å². The van der Waals surface area contributed by atoms with Crippen LogP contribution in [0.4, 0.5) is 0 Å². The molecule has 0 saturated heterocycles. The van der Waals surface area contributed by atoms with Crippen LogP contribution in [-0.4, -0.2) is 11.2 Å². The lowest BCUT2D eigenvalue weighted by Gasteiger charge is -2.35. The molecule has 3 rings (SSSR count). The normalized spacial score (nSPS) is 17.4. The number of nitrogens with zero attached hydrogens (tertiary/aromatic N) is 1. The summed E-state index contributed by atoms with van der Waals surface area (Å²) < 4.78 is 0. The topological polar surface area (TPSA) is 38.9 Å². The van der Waals surface area contributed by atoms with Crippen molar-refractivity contribution in [3.63, 3.8) is 0 Å². The van der Waals surface area contributed by atoms with E-state index in [1.165, 1.54) is 16.9 Å². The number of thioether (sulfide) groups is 1. The summed E-state index contributed by atoms with van der Waals surface area (Å²) in [6, 6.07) is 8.55. The second-order valence-corrected chi connectivity index (χ2v) is 6.51. The fourth-order valence-electron chi connectivity index (χ4n) is 2.17. The molecule has 0 amide bonds. The number of aromatic nitrogens is 1.